The third-order valence-electron chi connectivity index (χ3n) is 2.28. The van der Waals surface area contributed by atoms with Gasteiger partial charge in [-0.2, -0.15) is 13.2 Å². The van der Waals surface area contributed by atoms with E-state index in [2.05, 4.69) is 5.32 Å². The quantitative estimate of drug-likeness (QED) is 0.821. The van der Waals surface area contributed by atoms with Gasteiger partial charge in [0.2, 0.25) is 0 Å². The van der Waals surface area contributed by atoms with E-state index in [1.807, 2.05) is 0 Å². The molecule has 7 heteroatoms. The number of anilines is 1. The van der Waals surface area contributed by atoms with Gasteiger partial charge in [0, 0.05) is 16.8 Å². The zero-order valence-corrected chi connectivity index (χ0v) is 11.5. The Morgan fingerprint density at radius 2 is 1.90 bits per heavy atom. The van der Waals surface area contributed by atoms with E-state index in [1.165, 1.54) is 12.1 Å². The van der Waals surface area contributed by atoms with Gasteiger partial charge in [-0.15, -0.1) is 0 Å². The third-order valence-corrected chi connectivity index (χ3v) is 2.28. The minimum Gasteiger partial charge on any atom is -0.445 e. The van der Waals surface area contributed by atoms with Gasteiger partial charge in [0.25, 0.3) is 0 Å². The van der Waals surface area contributed by atoms with Crippen molar-refractivity contribution >= 4 is 11.8 Å². The number of hydrogen-bond donors (Lipinski definition) is 2. The van der Waals surface area contributed by atoms with Crippen molar-refractivity contribution in [3.8, 4) is 0 Å². The van der Waals surface area contributed by atoms with Crippen molar-refractivity contribution in [2.24, 2.45) is 0 Å². The second kappa shape index (κ2) is 5.60. The normalized spacial score (nSPS) is 12.1. The average molecular weight is 290 g/mol. The number of halogens is 3. The maximum Gasteiger partial charge on any atom is 0.416 e. The Labute approximate surface area is 115 Å². The largest absolute Gasteiger partial charge is 0.445 e. The highest BCUT2D eigenvalue weighted by atomic mass is 19.4. The molecule has 1 rings (SSSR count). The van der Waals surface area contributed by atoms with Gasteiger partial charge in [-0.05, 0) is 32.9 Å². The van der Waals surface area contributed by atoms with Crippen LogP contribution >= 0.6 is 0 Å². The van der Waals surface area contributed by atoms with Crippen LogP contribution in [0.1, 0.15) is 31.9 Å². The third kappa shape index (κ3) is 4.99. The summed E-state index contributed by atoms with van der Waals surface area (Å²) in [5.74, 6) is 0. The molecule has 0 fully saturated rings. The predicted molar refractivity (Wildman–Crippen MR) is 68.9 cm³/mol. The van der Waals surface area contributed by atoms with Crippen LogP contribution in [0.3, 0.4) is 0 Å². The fourth-order valence-electron chi connectivity index (χ4n) is 1.47. The lowest BCUT2D eigenvalue weighted by Crippen LogP contribution is -2.40. The monoisotopic (exact) mass is 290 g/mol. The fourth-order valence-corrected chi connectivity index (χ4v) is 1.47. The number of amides is 1. The number of carbonyl (C=O) groups excluding carboxylic acids is 1. The molecular weight excluding hydrogens is 273 g/mol. The number of nitrogen functional groups attached to an aromatic ring is 1. The van der Waals surface area contributed by atoms with E-state index in [0.29, 0.717) is 0 Å². The molecule has 0 saturated carbocycles. The predicted octanol–water partition coefficient (Wildman–Crippen LogP) is 3.31. The van der Waals surface area contributed by atoms with Crippen LogP contribution in [-0.2, 0) is 17.5 Å². The van der Waals surface area contributed by atoms with Gasteiger partial charge in [0.1, 0.15) is 6.61 Å². The van der Waals surface area contributed by atoms with Crippen molar-refractivity contribution in [2.45, 2.75) is 39.1 Å². The van der Waals surface area contributed by atoms with Crippen LogP contribution < -0.4 is 11.1 Å². The maximum atomic E-state index is 12.8. The topological polar surface area (TPSA) is 64.3 Å². The van der Waals surface area contributed by atoms with Crippen LogP contribution in [0.5, 0.6) is 0 Å². The minimum absolute atomic E-state index is 0.000202. The van der Waals surface area contributed by atoms with E-state index >= 15 is 0 Å². The lowest BCUT2D eigenvalue weighted by Gasteiger charge is -2.20. The smallest absolute Gasteiger partial charge is 0.416 e. The first-order chi connectivity index (χ1) is 8.99. The van der Waals surface area contributed by atoms with Crippen molar-refractivity contribution in [3.05, 3.63) is 29.3 Å². The number of alkyl halides is 3. The highest BCUT2D eigenvalue weighted by Gasteiger charge is 2.33. The molecule has 0 heterocycles. The minimum atomic E-state index is -4.55. The molecule has 1 aromatic rings. The SMILES string of the molecule is CC(C)(C)NC(=O)OCc1ccc(N)cc1C(F)(F)F. The van der Waals surface area contributed by atoms with E-state index in [0.717, 1.165) is 6.07 Å². The first-order valence-electron chi connectivity index (χ1n) is 5.89. The molecule has 20 heavy (non-hydrogen) atoms. The van der Waals surface area contributed by atoms with Gasteiger partial charge in [0.15, 0.2) is 0 Å². The highest BCUT2D eigenvalue weighted by molar-refractivity contribution is 5.68. The molecule has 0 atom stereocenters. The van der Waals surface area contributed by atoms with Crippen molar-refractivity contribution in [3.63, 3.8) is 0 Å². The lowest BCUT2D eigenvalue weighted by molar-refractivity contribution is -0.138. The number of rotatable bonds is 2. The van der Waals surface area contributed by atoms with Crippen molar-refractivity contribution in [1.29, 1.82) is 0 Å². The summed E-state index contributed by atoms with van der Waals surface area (Å²) in [6.07, 6.45) is -5.32. The van der Waals surface area contributed by atoms with Gasteiger partial charge >= 0.3 is 12.3 Å². The zero-order valence-electron chi connectivity index (χ0n) is 11.5. The van der Waals surface area contributed by atoms with Crippen LogP contribution in [0, 0.1) is 0 Å². The second-order valence-electron chi connectivity index (χ2n) is 5.37. The summed E-state index contributed by atoms with van der Waals surface area (Å²) in [6, 6.07) is 3.35. The van der Waals surface area contributed by atoms with Crippen molar-refractivity contribution in [2.75, 3.05) is 5.73 Å². The van der Waals surface area contributed by atoms with Gasteiger partial charge in [-0.3, -0.25) is 0 Å². The molecule has 0 aliphatic heterocycles. The number of nitrogens with two attached hydrogens (primary N) is 1. The molecule has 0 aliphatic rings. The summed E-state index contributed by atoms with van der Waals surface area (Å²) in [5, 5.41) is 2.49. The van der Waals surface area contributed by atoms with Crippen LogP contribution in [0.2, 0.25) is 0 Å². The molecule has 1 aromatic carbocycles. The van der Waals surface area contributed by atoms with Crippen molar-refractivity contribution in [1.82, 2.24) is 5.32 Å². The van der Waals surface area contributed by atoms with Crippen LogP contribution in [0.4, 0.5) is 23.7 Å². The molecule has 112 valence electrons. The standard InChI is InChI=1S/C13H17F3N2O2/c1-12(2,3)18-11(19)20-7-8-4-5-9(17)6-10(8)13(14,15)16/h4-6H,7,17H2,1-3H3,(H,18,19). The van der Waals surface area contributed by atoms with E-state index in [4.69, 9.17) is 10.5 Å². The first kappa shape index (κ1) is 16.1. The molecule has 3 N–H and O–H groups in total. The summed E-state index contributed by atoms with van der Waals surface area (Å²) in [4.78, 5) is 11.4. The summed E-state index contributed by atoms with van der Waals surface area (Å²) >= 11 is 0. The molecular formula is C13H17F3N2O2. The fraction of sp³-hybridized carbons (Fsp3) is 0.462. The molecule has 0 saturated heterocycles. The van der Waals surface area contributed by atoms with Gasteiger partial charge < -0.3 is 15.8 Å². The number of benzene rings is 1. The van der Waals surface area contributed by atoms with Gasteiger partial charge in [0.05, 0.1) is 5.56 Å². The number of alkyl carbamates (subject to hydrolysis) is 1. The van der Waals surface area contributed by atoms with Crippen LogP contribution in [-0.4, -0.2) is 11.6 Å². The van der Waals surface area contributed by atoms with E-state index < -0.39 is 30.0 Å². The van der Waals surface area contributed by atoms with E-state index in [9.17, 15) is 18.0 Å². The number of nitrogens with one attached hydrogen (secondary N) is 1. The molecule has 0 unspecified atom stereocenters. The highest BCUT2D eigenvalue weighted by Crippen LogP contribution is 2.33. The lowest BCUT2D eigenvalue weighted by atomic mass is 10.1. The Morgan fingerprint density at radius 1 is 1.30 bits per heavy atom. The van der Waals surface area contributed by atoms with Crippen LogP contribution in [0.15, 0.2) is 18.2 Å². The number of ether oxygens (including phenoxy) is 1. The molecule has 0 radical (unpaired) electrons. The Morgan fingerprint density at radius 3 is 2.40 bits per heavy atom. The molecule has 0 aromatic heterocycles. The Hall–Kier alpha value is -1.92. The van der Waals surface area contributed by atoms with Gasteiger partial charge in [-0.1, -0.05) is 6.07 Å². The van der Waals surface area contributed by atoms with Crippen molar-refractivity contribution < 1.29 is 22.7 Å². The summed E-state index contributed by atoms with van der Waals surface area (Å²) in [7, 11) is 0. The molecule has 4 nitrogen and oxygen atoms in total. The molecule has 0 aliphatic carbocycles. The number of carbonyl (C=O) groups is 1. The summed E-state index contributed by atoms with van der Waals surface area (Å²) in [5.41, 5.74) is 3.78. The Bertz CT molecular complexity index is 493. The molecule has 0 bridgehead atoms. The molecule has 1 amide bonds. The molecule has 0 spiro atoms. The maximum absolute atomic E-state index is 12.8. The van der Waals surface area contributed by atoms with Gasteiger partial charge in [-0.25, -0.2) is 4.79 Å². The Kier molecular flexibility index (Phi) is 4.52. The zero-order chi connectivity index (χ0) is 15.6. The van der Waals surface area contributed by atoms with E-state index in [1.54, 1.807) is 20.8 Å². The number of hydrogen-bond acceptors (Lipinski definition) is 3. The summed E-state index contributed by atoms with van der Waals surface area (Å²) < 4.78 is 43.2. The van der Waals surface area contributed by atoms with Crippen LogP contribution in [0.25, 0.3) is 0 Å². The Balaban J connectivity index is 2.81. The summed E-state index contributed by atoms with van der Waals surface area (Å²) in [6.45, 7) is 4.73. The van der Waals surface area contributed by atoms with E-state index in [-0.39, 0.29) is 11.3 Å². The average Bonchev–Trinajstić information content (AvgIpc) is 2.23. The first-order valence-corrected chi connectivity index (χ1v) is 5.89. The second-order valence-corrected chi connectivity index (χ2v) is 5.37.